The minimum atomic E-state index is -0.410. The van der Waals surface area contributed by atoms with Crippen LogP contribution in [0.5, 0.6) is 0 Å². The fourth-order valence-electron chi connectivity index (χ4n) is 4.34. The van der Waals surface area contributed by atoms with Crippen molar-refractivity contribution in [3.05, 3.63) is 106 Å². The third-order valence-electron chi connectivity index (χ3n) is 6.66. The minimum absolute atomic E-state index is 0.232. The summed E-state index contributed by atoms with van der Waals surface area (Å²) < 4.78 is 35.3. The van der Waals surface area contributed by atoms with Crippen molar-refractivity contribution < 1.29 is 13.5 Å². The first-order valence-corrected chi connectivity index (χ1v) is 14.9. The number of nitrogens with one attached hydrogen (secondary N) is 2. The second-order valence-corrected chi connectivity index (χ2v) is 10.5. The number of thioether (sulfide) groups is 1. The van der Waals surface area contributed by atoms with Crippen LogP contribution >= 0.6 is 11.8 Å². The van der Waals surface area contributed by atoms with Gasteiger partial charge in [0.05, 0.1) is 12.8 Å². The van der Waals surface area contributed by atoms with Crippen LogP contribution in [0.1, 0.15) is 38.4 Å². The average molecular weight is 608 g/mol. The second-order valence-electron chi connectivity index (χ2n) is 9.65. The van der Waals surface area contributed by atoms with E-state index >= 15 is 4.39 Å². The molecule has 3 rings (SSSR count). The van der Waals surface area contributed by atoms with Gasteiger partial charge in [0.25, 0.3) is 0 Å². The van der Waals surface area contributed by atoms with Gasteiger partial charge in [0.15, 0.2) is 17.4 Å². The first-order chi connectivity index (χ1) is 20.6. The molecule has 0 aliphatic carbocycles. The monoisotopic (exact) mass is 607 g/mol. The van der Waals surface area contributed by atoms with Crippen molar-refractivity contribution in [2.45, 2.75) is 45.6 Å². The lowest BCUT2D eigenvalue weighted by molar-refractivity contribution is 0.297. The van der Waals surface area contributed by atoms with Crippen LogP contribution in [0.3, 0.4) is 0 Å². The normalized spacial score (nSPS) is 13.6. The molecule has 0 spiro atoms. The summed E-state index contributed by atoms with van der Waals surface area (Å²) in [5, 5.41) is 10.5. The molecule has 0 unspecified atom stereocenters. The van der Waals surface area contributed by atoms with Crippen LogP contribution in [0, 0.1) is 18.6 Å². The largest absolute Gasteiger partial charge is 0.492 e. The zero-order valence-electron chi connectivity index (χ0n) is 25.6. The van der Waals surface area contributed by atoms with Crippen molar-refractivity contribution in [1.29, 1.82) is 0 Å². The van der Waals surface area contributed by atoms with Crippen LogP contribution in [0.25, 0.3) is 0 Å². The summed E-state index contributed by atoms with van der Waals surface area (Å²) >= 11 is 1.45. The lowest BCUT2D eigenvalue weighted by atomic mass is 9.98. The van der Waals surface area contributed by atoms with Crippen molar-refractivity contribution in [2.24, 2.45) is 15.7 Å². The summed E-state index contributed by atoms with van der Waals surface area (Å²) in [5.74, 6) is 0.913. The highest BCUT2D eigenvalue weighted by molar-refractivity contribution is 7.98. The summed E-state index contributed by atoms with van der Waals surface area (Å²) in [6.45, 7) is 7.91. The number of nitrogens with zero attached hydrogens (tertiary/aromatic N) is 4. The quantitative estimate of drug-likeness (QED) is 0.0654. The van der Waals surface area contributed by atoms with Gasteiger partial charge < -0.3 is 20.7 Å². The predicted molar refractivity (Wildman–Crippen MR) is 175 cm³/mol. The molecule has 0 amide bonds. The van der Waals surface area contributed by atoms with E-state index in [0.29, 0.717) is 46.5 Å². The fraction of sp³-hybridized carbons (Fsp3) is 0.281. The molecule has 0 fully saturated rings. The molecule has 0 saturated carbocycles. The molecular formula is C32H39F2N7OS. The van der Waals surface area contributed by atoms with Crippen molar-refractivity contribution in [2.75, 3.05) is 30.6 Å². The van der Waals surface area contributed by atoms with E-state index < -0.39 is 5.82 Å². The van der Waals surface area contributed by atoms with Crippen LogP contribution in [0.4, 0.5) is 20.3 Å². The van der Waals surface area contributed by atoms with E-state index in [1.54, 1.807) is 50.4 Å². The smallest absolute Gasteiger partial charge is 0.176 e. The number of halogens is 2. The van der Waals surface area contributed by atoms with Gasteiger partial charge in [-0.25, -0.2) is 13.8 Å². The van der Waals surface area contributed by atoms with Crippen molar-refractivity contribution in [1.82, 2.24) is 10.2 Å². The van der Waals surface area contributed by atoms with Crippen molar-refractivity contribution >= 4 is 35.3 Å². The highest BCUT2D eigenvalue weighted by Gasteiger charge is 2.22. The first kappa shape index (κ1) is 33.1. The molecule has 228 valence electrons. The number of hydrogen-bond donors (Lipinski definition) is 3. The molecule has 0 aliphatic heterocycles. The first-order valence-electron chi connectivity index (χ1n) is 13.7. The lowest BCUT2D eigenvalue weighted by Crippen LogP contribution is -2.30. The number of aryl methyl sites for hydroxylation is 1. The van der Waals surface area contributed by atoms with Gasteiger partial charge in [0, 0.05) is 53.8 Å². The molecular weight excluding hydrogens is 568 g/mol. The number of allylic oxidation sites excluding steroid dienone is 2. The van der Waals surface area contributed by atoms with Gasteiger partial charge in [0.1, 0.15) is 17.5 Å². The van der Waals surface area contributed by atoms with Crippen molar-refractivity contribution in [3.8, 4) is 0 Å². The lowest BCUT2D eigenvalue weighted by Gasteiger charge is -2.26. The third-order valence-corrected chi connectivity index (χ3v) is 7.38. The van der Waals surface area contributed by atoms with Gasteiger partial charge in [-0.15, -0.1) is 11.8 Å². The number of rotatable bonds is 12. The van der Waals surface area contributed by atoms with Gasteiger partial charge in [0.2, 0.25) is 0 Å². The molecule has 3 aromatic rings. The maximum atomic E-state index is 15.6. The van der Waals surface area contributed by atoms with E-state index in [2.05, 4.69) is 20.5 Å². The minimum Gasteiger partial charge on any atom is -0.492 e. The highest BCUT2D eigenvalue weighted by atomic mass is 32.2. The van der Waals surface area contributed by atoms with Crippen molar-refractivity contribution in [3.63, 3.8) is 0 Å². The number of methoxy groups -OCH3 is 1. The van der Waals surface area contributed by atoms with Crippen LogP contribution in [-0.4, -0.2) is 42.7 Å². The van der Waals surface area contributed by atoms with Gasteiger partial charge in [-0.1, -0.05) is 24.6 Å². The molecule has 11 heteroatoms. The zero-order valence-corrected chi connectivity index (χ0v) is 26.4. The number of nitrogens with two attached hydrogens (primary N) is 1. The topological polar surface area (TPSA) is 104 Å². The predicted octanol–water partition coefficient (Wildman–Crippen LogP) is 7.34. The van der Waals surface area contributed by atoms with Gasteiger partial charge in [-0.05, 0) is 69.3 Å². The summed E-state index contributed by atoms with van der Waals surface area (Å²) in [6, 6.07) is 13.0. The van der Waals surface area contributed by atoms with Gasteiger partial charge in [-0.2, -0.15) is 5.10 Å². The molecule has 0 atom stereocenters. The van der Waals surface area contributed by atoms with E-state index in [0.717, 1.165) is 21.7 Å². The summed E-state index contributed by atoms with van der Waals surface area (Å²) in [5.41, 5.74) is 10.3. The Balaban J connectivity index is 2.30. The number of anilines is 2. The Morgan fingerprint density at radius 2 is 1.88 bits per heavy atom. The average Bonchev–Trinajstić information content (AvgIpc) is 3.42. The summed E-state index contributed by atoms with van der Waals surface area (Å²) in [6.07, 6.45) is 5.72. The van der Waals surface area contributed by atoms with Crippen LogP contribution in [0.2, 0.25) is 0 Å². The molecule has 43 heavy (non-hydrogen) atoms. The van der Waals surface area contributed by atoms with E-state index in [9.17, 15) is 4.39 Å². The molecule has 1 heterocycles. The number of H-pyrrole nitrogens is 1. The molecule has 1 aromatic heterocycles. The van der Waals surface area contributed by atoms with E-state index in [1.807, 2.05) is 39.2 Å². The van der Waals surface area contributed by atoms with Gasteiger partial charge in [-0.3, -0.25) is 10.1 Å². The third kappa shape index (κ3) is 8.57. The number of aromatic amines is 1. The standard InChI is InChI=1S/C32H39F2N7OS/c1-8-20(2)30(24(17-35)18-36-5)31(42-6)32(38-29-15-21(3)39-40-29)37-22(4)41(19-23-9-11-25(33)12-10-23)28-14-13-26(43-7)16-27(28)34/h9-18H,8,19,35H2,1-7H3,(H2,38,39,40)/b24-17+,30-20+,32-31-,36-18?,37-22+. The number of aliphatic imine (C=N–C) groups is 2. The maximum absolute atomic E-state index is 15.6. The fourth-order valence-corrected chi connectivity index (χ4v) is 4.76. The summed E-state index contributed by atoms with van der Waals surface area (Å²) in [7, 11) is 3.21. The molecule has 0 aliphatic rings. The van der Waals surface area contributed by atoms with E-state index in [4.69, 9.17) is 15.5 Å². The molecule has 2 aromatic carbocycles. The molecule has 0 radical (unpaired) electrons. The van der Waals surface area contributed by atoms with Crippen LogP contribution in [0.15, 0.2) is 97.9 Å². The highest BCUT2D eigenvalue weighted by Crippen LogP contribution is 2.30. The molecule has 0 bridgehead atoms. The molecule has 0 saturated heterocycles. The Morgan fingerprint density at radius 1 is 1.16 bits per heavy atom. The Bertz CT molecular complexity index is 1560. The molecule has 8 nitrogen and oxygen atoms in total. The number of hydrogen-bond acceptors (Lipinski definition) is 7. The number of amidine groups is 1. The second kappa shape index (κ2) is 15.7. The number of ether oxygens (including phenoxy) is 1. The maximum Gasteiger partial charge on any atom is 0.176 e. The Hall–Kier alpha value is -4.38. The van der Waals surface area contributed by atoms with E-state index in [1.165, 1.54) is 36.2 Å². The van der Waals surface area contributed by atoms with Crippen LogP contribution in [-0.2, 0) is 11.3 Å². The Morgan fingerprint density at radius 3 is 2.42 bits per heavy atom. The van der Waals surface area contributed by atoms with E-state index in [-0.39, 0.29) is 12.4 Å². The Labute approximate surface area is 256 Å². The Kier molecular flexibility index (Phi) is 12.1. The molecule has 4 N–H and O–H groups in total. The number of aromatic nitrogens is 2. The van der Waals surface area contributed by atoms with Crippen LogP contribution < -0.4 is 16.0 Å². The van der Waals surface area contributed by atoms with Gasteiger partial charge >= 0.3 is 0 Å². The zero-order chi connectivity index (χ0) is 31.5. The SMILES string of the molecule is CC/C(C)=C(C(\C=NC)=C\N)/C(OC)=C(\N=C(/C)N(Cc1ccc(F)cc1)c1ccc(SC)cc1F)Nc1cc(C)[nH]n1. The number of benzene rings is 2. The summed E-state index contributed by atoms with van der Waals surface area (Å²) in [4.78, 5) is 11.7.